The van der Waals surface area contributed by atoms with Gasteiger partial charge in [-0.2, -0.15) is 5.26 Å². The number of carbonyl (C=O) groups is 1. The van der Waals surface area contributed by atoms with Crippen LogP contribution in [0.4, 0.5) is 17.1 Å². The number of hydrogen-bond donors (Lipinski definition) is 3. The number of carbonyl (C=O) groups excluding carboxylic acids is 1. The zero-order valence-corrected chi connectivity index (χ0v) is 11.0. The second-order valence-corrected chi connectivity index (χ2v) is 4.40. The van der Waals surface area contributed by atoms with Gasteiger partial charge in [0.25, 0.3) is 0 Å². The van der Waals surface area contributed by atoms with Gasteiger partial charge in [0.2, 0.25) is 5.91 Å². The zero-order valence-electron chi connectivity index (χ0n) is 11.0. The van der Waals surface area contributed by atoms with Gasteiger partial charge < -0.3 is 16.8 Å². The van der Waals surface area contributed by atoms with Crippen molar-refractivity contribution in [2.75, 3.05) is 11.1 Å². The predicted octanol–water partition coefficient (Wildman–Crippen LogP) is 2.29. The lowest BCUT2D eigenvalue weighted by Gasteiger charge is -2.12. The molecule has 0 heterocycles. The number of benzene rings is 2. The number of primary amides is 1. The van der Waals surface area contributed by atoms with E-state index >= 15 is 0 Å². The van der Waals surface area contributed by atoms with Crippen LogP contribution in [0.2, 0.25) is 0 Å². The van der Waals surface area contributed by atoms with E-state index in [1.807, 2.05) is 19.1 Å². The minimum atomic E-state index is -0.530. The third-order valence-electron chi connectivity index (χ3n) is 2.99. The van der Waals surface area contributed by atoms with Crippen molar-refractivity contribution in [3.8, 4) is 6.07 Å². The number of aryl methyl sites for hydroxylation is 1. The van der Waals surface area contributed by atoms with Gasteiger partial charge in [0.05, 0.1) is 22.6 Å². The highest BCUT2D eigenvalue weighted by molar-refractivity contribution is 5.95. The van der Waals surface area contributed by atoms with Crippen LogP contribution in [0.25, 0.3) is 0 Å². The van der Waals surface area contributed by atoms with Crippen molar-refractivity contribution >= 4 is 23.0 Å². The maximum atomic E-state index is 11.2. The molecule has 0 unspecified atom stereocenters. The van der Waals surface area contributed by atoms with Gasteiger partial charge in [0.1, 0.15) is 6.07 Å². The van der Waals surface area contributed by atoms with E-state index in [9.17, 15) is 10.1 Å². The SMILES string of the molecule is Cc1cccc(Nc2cc(C(N)=O)ccc2N)c1C#N. The first kappa shape index (κ1) is 13.4. The fourth-order valence-corrected chi connectivity index (χ4v) is 1.88. The smallest absolute Gasteiger partial charge is 0.248 e. The van der Waals surface area contributed by atoms with Crippen molar-refractivity contribution < 1.29 is 4.79 Å². The average Bonchev–Trinajstić information content (AvgIpc) is 2.41. The van der Waals surface area contributed by atoms with E-state index in [4.69, 9.17) is 11.5 Å². The first-order valence-electron chi connectivity index (χ1n) is 5.99. The Kier molecular flexibility index (Phi) is 3.58. The van der Waals surface area contributed by atoms with Crippen molar-refractivity contribution in [2.45, 2.75) is 6.92 Å². The Morgan fingerprint density at radius 2 is 2.00 bits per heavy atom. The molecule has 0 aliphatic carbocycles. The van der Waals surface area contributed by atoms with E-state index in [1.165, 1.54) is 0 Å². The van der Waals surface area contributed by atoms with E-state index in [1.54, 1.807) is 24.3 Å². The molecular weight excluding hydrogens is 252 g/mol. The van der Waals surface area contributed by atoms with Crippen LogP contribution >= 0.6 is 0 Å². The summed E-state index contributed by atoms with van der Waals surface area (Å²) in [5, 5.41) is 12.3. The molecule has 5 heteroatoms. The second kappa shape index (κ2) is 5.33. The monoisotopic (exact) mass is 266 g/mol. The van der Waals surface area contributed by atoms with Gasteiger partial charge in [-0.05, 0) is 36.8 Å². The molecule has 20 heavy (non-hydrogen) atoms. The Hall–Kier alpha value is -3.00. The summed E-state index contributed by atoms with van der Waals surface area (Å²) in [7, 11) is 0. The largest absolute Gasteiger partial charge is 0.397 e. The Bertz CT molecular complexity index is 716. The number of amides is 1. The van der Waals surface area contributed by atoms with Crippen LogP contribution in [-0.2, 0) is 0 Å². The topological polar surface area (TPSA) is 105 Å². The Morgan fingerprint density at radius 3 is 2.65 bits per heavy atom. The summed E-state index contributed by atoms with van der Waals surface area (Å²) in [5.41, 5.74) is 14.5. The van der Waals surface area contributed by atoms with Gasteiger partial charge in [-0.1, -0.05) is 12.1 Å². The molecule has 0 saturated heterocycles. The number of nitrogens with one attached hydrogen (secondary N) is 1. The molecular formula is C15H14N4O. The molecule has 1 amide bonds. The Morgan fingerprint density at radius 1 is 1.25 bits per heavy atom. The standard InChI is InChI=1S/C15H14N4O/c1-9-3-2-4-13(11(9)8-16)19-14-7-10(15(18)20)5-6-12(14)17/h2-7,19H,17H2,1H3,(H2,18,20). The number of nitrogens with two attached hydrogens (primary N) is 2. The normalized spacial score (nSPS) is 9.80. The van der Waals surface area contributed by atoms with Crippen LogP contribution in [0.5, 0.6) is 0 Å². The molecule has 0 radical (unpaired) electrons. The van der Waals surface area contributed by atoms with Crippen LogP contribution in [0.1, 0.15) is 21.5 Å². The molecule has 0 atom stereocenters. The first-order chi connectivity index (χ1) is 9.52. The highest BCUT2D eigenvalue weighted by Gasteiger charge is 2.09. The van der Waals surface area contributed by atoms with Crippen molar-refractivity contribution in [3.05, 3.63) is 53.1 Å². The summed E-state index contributed by atoms with van der Waals surface area (Å²) in [4.78, 5) is 11.2. The highest BCUT2D eigenvalue weighted by Crippen LogP contribution is 2.27. The predicted molar refractivity (Wildman–Crippen MR) is 78.5 cm³/mol. The molecule has 2 aromatic carbocycles. The van der Waals surface area contributed by atoms with Crippen LogP contribution in [0.15, 0.2) is 36.4 Å². The lowest BCUT2D eigenvalue weighted by Crippen LogP contribution is -2.11. The van der Waals surface area contributed by atoms with E-state index in [-0.39, 0.29) is 0 Å². The van der Waals surface area contributed by atoms with E-state index < -0.39 is 5.91 Å². The molecule has 5 nitrogen and oxygen atoms in total. The average molecular weight is 266 g/mol. The molecule has 0 aliphatic rings. The van der Waals surface area contributed by atoms with Crippen LogP contribution in [0, 0.1) is 18.3 Å². The van der Waals surface area contributed by atoms with Gasteiger partial charge in [-0.15, -0.1) is 0 Å². The van der Waals surface area contributed by atoms with Gasteiger partial charge in [0, 0.05) is 5.56 Å². The quantitative estimate of drug-likeness (QED) is 0.741. The number of anilines is 3. The number of rotatable bonds is 3. The zero-order chi connectivity index (χ0) is 14.7. The van der Waals surface area contributed by atoms with E-state index in [0.29, 0.717) is 28.2 Å². The number of nitrogens with zero attached hydrogens (tertiary/aromatic N) is 1. The highest BCUT2D eigenvalue weighted by atomic mass is 16.1. The third kappa shape index (κ3) is 2.54. The second-order valence-electron chi connectivity index (χ2n) is 4.40. The van der Waals surface area contributed by atoms with Gasteiger partial charge in [-0.25, -0.2) is 0 Å². The molecule has 0 spiro atoms. The first-order valence-corrected chi connectivity index (χ1v) is 5.99. The molecule has 100 valence electrons. The fraction of sp³-hybridized carbons (Fsp3) is 0.0667. The molecule has 0 saturated carbocycles. The fourth-order valence-electron chi connectivity index (χ4n) is 1.88. The lowest BCUT2D eigenvalue weighted by molar-refractivity contribution is 0.100. The number of nitriles is 1. The van der Waals surface area contributed by atoms with Crippen LogP contribution in [0.3, 0.4) is 0 Å². The minimum Gasteiger partial charge on any atom is -0.397 e. The third-order valence-corrected chi connectivity index (χ3v) is 2.99. The molecule has 0 fully saturated rings. The summed E-state index contributed by atoms with van der Waals surface area (Å²) in [6, 6.07) is 12.4. The van der Waals surface area contributed by atoms with Crippen molar-refractivity contribution in [3.63, 3.8) is 0 Å². The van der Waals surface area contributed by atoms with Gasteiger partial charge >= 0.3 is 0 Å². The Balaban J connectivity index is 2.45. The maximum absolute atomic E-state index is 11.2. The molecule has 2 rings (SSSR count). The van der Waals surface area contributed by atoms with E-state index in [0.717, 1.165) is 5.56 Å². The summed E-state index contributed by atoms with van der Waals surface area (Å²) in [5.74, 6) is -0.530. The van der Waals surface area contributed by atoms with Crippen LogP contribution < -0.4 is 16.8 Å². The number of hydrogen-bond acceptors (Lipinski definition) is 4. The molecule has 0 aromatic heterocycles. The molecule has 2 aromatic rings. The van der Waals surface area contributed by atoms with E-state index in [2.05, 4.69) is 11.4 Å². The summed E-state index contributed by atoms with van der Waals surface area (Å²) in [6.07, 6.45) is 0. The maximum Gasteiger partial charge on any atom is 0.248 e. The minimum absolute atomic E-state index is 0.355. The van der Waals surface area contributed by atoms with Crippen molar-refractivity contribution in [2.24, 2.45) is 5.73 Å². The lowest BCUT2D eigenvalue weighted by atomic mass is 10.1. The van der Waals surface area contributed by atoms with Gasteiger partial charge in [-0.3, -0.25) is 4.79 Å². The molecule has 0 aliphatic heterocycles. The van der Waals surface area contributed by atoms with Gasteiger partial charge in [0.15, 0.2) is 0 Å². The summed E-state index contributed by atoms with van der Waals surface area (Å²) in [6.45, 7) is 1.85. The van der Waals surface area contributed by atoms with Crippen molar-refractivity contribution in [1.29, 1.82) is 5.26 Å². The Labute approximate surface area is 116 Å². The molecule has 5 N–H and O–H groups in total. The summed E-state index contributed by atoms with van der Waals surface area (Å²) >= 11 is 0. The van der Waals surface area contributed by atoms with Crippen molar-refractivity contribution in [1.82, 2.24) is 0 Å². The van der Waals surface area contributed by atoms with Crippen LogP contribution in [-0.4, -0.2) is 5.91 Å². The summed E-state index contributed by atoms with van der Waals surface area (Å²) < 4.78 is 0. The number of nitrogen functional groups attached to an aromatic ring is 1. The molecule has 0 bridgehead atoms.